The number of para-hydroxylation sites is 1. The van der Waals surface area contributed by atoms with Crippen LogP contribution in [0, 0.1) is 0 Å². The molecule has 0 saturated heterocycles. The maximum atomic E-state index is 5.87. The zero-order valence-corrected chi connectivity index (χ0v) is 9.23. The van der Waals surface area contributed by atoms with Crippen molar-refractivity contribution in [2.45, 2.75) is 6.61 Å². The first kappa shape index (κ1) is 8.88. The van der Waals surface area contributed by atoms with Gasteiger partial charge in [0.1, 0.15) is 12.4 Å². The minimum atomic E-state index is 0.638. The van der Waals surface area contributed by atoms with Gasteiger partial charge in [-0.3, -0.25) is 0 Å². The quantitative estimate of drug-likeness (QED) is 0.614. The molecule has 0 atom stereocenters. The van der Waals surface area contributed by atoms with E-state index in [0.717, 1.165) is 5.75 Å². The van der Waals surface area contributed by atoms with Crippen LogP contribution in [0.4, 0.5) is 0 Å². The highest BCUT2D eigenvalue weighted by Gasteiger charge is 2.17. The van der Waals surface area contributed by atoms with Crippen LogP contribution in [0.5, 0.6) is 5.75 Å². The predicted molar refractivity (Wildman–Crippen MR) is 68.1 cm³/mol. The highest BCUT2D eigenvalue weighted by atomic mass is 16.5. The molecular weight excluding hydrogens is 210 g/mol. The van der Waals surface area contributed by atoms with E-state index in [-0.39, 0.29) is 0 Å². The van der Waals surface area contributed by atoms with E-state index in [9.17, 15) is 0 Å². The second-order valence-electron chi connectivity index (χ2n) is 4.33. The maximum Gasteiger partial charge on any atom is 0.127 e. The highest BCUT2D eigenvalue weighted by molar-refractivity contribution is 5.99. The summed E-state index contributed by atoms with van der Waals surface area (Å²) < 4.78 is 5.87. The fourth-order valence-corrected chi connectivity index (χ4v) is 2.56. The lowest BCUT2D eigenvalue weighted by Gasteiger charge is -2.06. The fraction of sp³-hybridized carbons (Fsp3) is 0.0667. The first-order valence-electron chi connectivity index (χ1n) is 5.75. The number of nitrogens with one attached hydrogen (secondary N) is 1. The van der Waals surface area contributed by atoms with Gasteiger partial charge in [-0.15, -0.1) is 0 Å². The third-order valence-corrected chi connectivity index (χ3v) is 3.35. The average molecular weight is 221 g/mol. The van der Waals surface area contributed by atoms with Crippen LogP contribution in [-0.4, -0.2) is 4.98 Å². The molecule has 4 rings (SSSR count). The number of hydrogen-bond acceptors (Lipinski definition) is 1. The number of benzene rings is 2. The van der Waals surface area contributed by atoms with Crippen molar-refractivity contribution >= 4 is 10.9 Å². The van der Waals surface area contributed by atoms with E-state index in [1.807, 2.05) is 12.1 Å². The number of hydrogen-bond donors (Lipinski definition) is 1. The lowest BCUT2D eigenvalue weighted by atomic mass is 10.0. The summed E-state index contributed by atoms with van der Waals surface area (Å²) in [4.78, 5) is 3.33. The summed E-state index contributed by atoms with van der Waals surface area (Å²) in [6.45, 7) is 0.638. The van der Waals surface area contributed by atoms with Gasteiger partial charge in [0.2, 0.25) is 0 Å². The van der Waals surface area contributed by atoms with Crippen LogP contribution < -0.4 is 4.74 Å². The van der Waals surface area contributed by atoms with Gasteiger partial charge >= 0.3 is 0 Å². The van der Waals surface area contributed by atoms with Gasteiger partial charge in [-0.25, -0.2) is 0 Å². The Morgan fingerprint density at radius 1 is 0.941 bits per heavy atom. The predicted octanol–water partition coefficient (Wildman–Crippen LogP) is 3.73. The molecule has 0 spiro atoms. The van der Waals surface area contributed by atoms with Gasteiger partial charge in [-0.05, 0) is 17.7 Å². The van der Waals surface area contributed by atoms with Crippen molar-refractivity contribution in [3.05, 3.63) is 54.2 Å². The Kier molecular flexibility index (Phi) is 1.64. The molecule has 0 amide bonds. The van der Waals surface area contributed by atoms with E-state index in [0.29, 0.717) is 6.61 Å². The Labute approximate surface area is 98.9 Å². The van der Waals surface area contributed by atoms with Crippen molar-refractivity contribution < 1.29 is 4.74 Å². The lowest BCUT2D eigenvalue weighted by Crippen LogP contribution is -1.93. The monoisotopic (exact) mass is 221 g/mol. The highest BCUT2D eigenvalue weighted by Crippen LogP contribution is 2.39. The first-order chi connectivity index (χ1) is 8.43. The third-order valence-electron chi connectivity index (χ3n) is 3.35. The summed E-state index contributed by atoms with van der Waals surface area (Å²) in [6, 6.07) is 14.5. The van der Waals surface area contributed by atoms with Crippen LogP contribution in [0.3, 0.4) is 0 Å². The molecule has 17 heavy (non-hydrogen) atoms. The second kappa shape index (κ2) is 3.14. The molecule has 0 bridgehead atoms. The molecule has 2 heterocycles. The number of aromatic nitrogens is 1. The molecule has 2 nitrogen and oxygen atoms in total. The van der Waals surface area contributed by atoms with Crippen LogP contribution in [-0.2, 0) is 6.61 Å². The molecule has 0 radical (unpaired) electrons. The number of ether oxygens (including phenoxy) is 1. The van der Waals surface area contributed by atoms with E-state index in [2.05, 4.69) is 41.5 Å². The van der Waals surface area contributed by atoms with Gasteiger partial charge in [0.15, 0.2) is 0 Å². The SMILES string of the molecule is c1ccc2c(c1)OCc1cccc3[nH]cc-2c13. The summed E-state index contributed by atoms with van der Waals surface area (Å²) >= 11 is 0. The maximum absolute atomic E-state index is 5.87. The molecule has 3 aromatic rings. The summed E-state index contributed by atoms with van der Waals surface area (Å²) in [5.74, 6) is 0.963. The summed E-state index contributed by atoms with van der Waals surface area (Å²) in [5, 5.41) is 1.29. The molecule has 1 aliphatic rings. The molecular formula is C15H11NO. The second-order valence-corrected chi connectivity index (χ2v) is 4.33. The molecule has 0 unspecified atom stereocenters. The smallest absolute Gasteiger partial charge is 0.127 e. The zero-order chi connectivity index (χ0) is 11.2. The lowest BCUT2D eigenvalue weighted by molar-refractivity contribution is 0.310. The molecule has 1 aromatic heterocycles. The van der Waals surface area contributed by atoms with Crippen LogP contribution >= 0.6 is 0 Å². The van der Waals surface area contributed by atoms with Crippen molar-refractivity contribution in [1.82, 2.24) is 4.98 Å². The van der Waals surface area contributed by atoms with Crippen LogP contribution in [0.1, 0.15) is 5.56 Å². The van der Waals surface area contributed by atoms with Crippen LogP contribution in [0.15, 0.2) is 48.7 Å². The van der Waals surface area contributed by atoms with Gasteiger partial charge in [0, 0.05) is 28.2 Å². The van der Waals surface area contributed by atoms with Crippen molar-refractivity contribution in [2.24, 2.45) is 0 Å². The molecule has 1 N–H and O–H groups in total. The van der Waals surface area contributed by atoms with Gasteiger partial charge in [0.25, 0.3) is 0 Å². The molecule has 1 aliphatic heterocycles. The Morgan fingerprint density at radius 2 is 1.88 bits per heavy atom. The van der Waals surface area contributed by atoms with E-state index in [1.165, 1.54) is 27.6 Å². The first-order valence-corrected chi connectivity index (χ1v) is 5.75. The summed E-state index contributed by atoms with van der Waals surface area (Å²) in [5.41, 5.74) is 4.83. The van der Waals surface area contributed by atoms with E-state index in [4.69, 9.17) is 4.74 Å². The van der Waals surface area contributed by atoms with Crippen molar-refractivity contribution in [3.8, 4) is 16.9 Å². The Balaban J connectivity index is 2.16. The van der Waals surface area contributed by atoms with Gasteiger partial charge in [-0.1, -0.05) is 30.3 Å². The molecule has 2 heteroatoms. The normalized spacial score (nSPS) is 12.9. The topological polar surface area (TPSA) is 25.0 Å². The largest absolute Gasteiger partial charge is 0.488 e. The van der Waals surface area contributed by atoms with Gasteiger partial charge in [-0.2, -0.15) is 0 Å². The third kappa shape index (κ3) is 1.15. The number of H-pyrrole nitrogens is 1. The van der Waals surface area contributed by atoms with Crippen LogP contribution in [0.2, 0.25) is 0 Å². The van der Waals surface area contributed by atoms with E-state index >= 15 is 0 Å². The number of rotatable bonds is 0. The molecule has 0 fully saturated rings. The van der Waals surface area contributed by atoms with Crippen LogP contribution in [0.25, 0.3) is 22.0 Å². The van der Waals surface area contributed by atoms with E-state index in [1.54, 1.807) is 0 Å². The number of fused-ring (bicyclic) bond motifs is 2. The molecule has 0 aliphatic carbocycles. The van der Waals surface area contributed by atoms with Crippen molar-refractivity contribution in [1.29, 1.82) is 0 Å². The standard InChI is InChI=1S/C15H11NO/c1-2-7-14-11(5-1)12-8-16-13-6-3-4-10(9-17-14)15(12)13/h1-8,16H,9H2. The molecule has 0 saturated carbocycles. The Morgan fingerprint density at radius 3 is 2.88 bits per heavy atom. The van der Waals surface area contributed by atoms with Crippen molar-refractivity contribution in [2.75, 3.05) is 0 Å². The fourth-order valence-electron chi connectivity index (χ4n) is 2.56. The summed E-state index contributed by atoms with van der Waals surface area (Å²) in [7, 11) is 0. The molecule has 82 valence electrons. The van der Waals surface area contributed by atoms with Gasteiger partial charge < -0.3 is 9.72 Å². The number of aromatic amines is 1. The summed E-state index contributed by atoms with van der Waals surface area (Å²) in [6.07, 6.45) is 2.07. The minimum absolute atomic E-state index is 0.638. The minimum Gasteiger partial charge on any atom is -0.488 e. The van der Waals surface area contributed by atoms with Crippen molar-refractivity contribution in [3.63, 3.8) is 0 Å². The zero-order valence-electron chi connectivity index (χ0n) is 9.23. The van der Waals surface area contributed by atoms with E-state index < -0.39 is 0 Å². The van der Waals surface area contributed by atoms with Gasteiger partial charge in [0.05, 0.1) is 0 Å². The Bertz CT molecular complexity index is 712. The molecule has 2 aromatic carbocycles. The average Bonchev–Trinajstić information content (AvgIpc) is 2.73. The Hall–Kier alpha value is -2.22.